The summed E-state index contributed by atoms with van der Waals surface area (Å²) in [6.07, 6.45) is 11.7. The predicted octanol–water partition coefficient (Wildman–Crippen LogP) is 8.23. The molecule has 0 radical (unpaired) electrons. The lowest BCUT2D eigenvalue weighted by Crippen LogP contribution is -2.37. The van der Waals surface area contributed by atoms with Gasteiger partial charge in [-0.05, 0) is 131 Å². The zero-order chi connectivity index (χ0) is 29.6. The molecule has 6 nitrogen and oxygen atoms in total. The van der Waals surface area contributed by atoms with E-state index in [0.717, 1.165) is 60.2 Å². The van der Waals surface area contributed by atoms with Gasteiger partial charge in [0.1, 0.15) is 5.60 Å². The number of likely N-dealkylation sites (tertiary alicyclic amines) is 1. The highest BCUT2D eigenvalue weighted by atomic mass is 16.6. The van der Waals surface area contributed by atoms with E-state index >= 15 is 0 Å². The number of fused-ring (bicyclic) bond motifs is 1. The molecule has 6 rings (SSSR count). The van der Waals surface area contributed by atoms with Gasteiger partial charge in [-0.25, -0.2) is 9.59 Å². The first-order valence-corrected chi connectivity index (χ1v) is 15.9. The van der Waals surface area contributed by atoms with Crippen LogP contribution in [0.15, 0.2) is 42.6 Å². The number of rotatable bonds is 8. The summed E-state index contributed by atoms with van der Waals surface area (Å²) in [6.45, 7) is 9.75. The van der Waals surface area contributed by atoms with Crippen LogP contribution in [0.2, 0.25) is 0 Å². The molecule has 0 unspecified atom stereocenters. The van der Waals surface area contributed by atoms with Crippen LogP contribution in [0.5, 0.6) is 0 Å². The summed E-state index contributed by atoms with van der Waals surface area (Å²) in [5.41, 5.74) is 6.14. The van der Waals surface area contributed by atoms with E-state index in [1.54, 1.807) is 4.57 Å². The number of benzene rings is 2. The lowest BCUT2D eigenvalue weighted by molar-refractivity contribution is 0.0542. The average Bonchev–Trinajstić information content (AvgIpc) is 3.90. The normalized spacial score (nSPS) is 21.5. The second-order valence-electron chi connectivity index (χ2n) is 14.0. The topological polar surface area (TPSA) is 60.8 Å². The molecule has 1 saturated heterocycles. The number of hydrogen-bond acceptors (Lipinski definition) is 5. The third-order valence-corrected chi connectivity index (χ3v) is 9.59. The van der Waals surface area contributed by atoms with Crippen molar-refractivity contribution in [1.29, 1.82) is 0 Å². The van der Waals surface area contributed by atoms with Gasteiger partial charge in [-0.15, -0.1) is 0 Å². The standard InChI is InChI=1S/C36H46N2O4/c1-23-20-29(9-8-24-6-7-24)31(30-17-19-38(33(23)30)35(40)42-36(2,3)4)22-37-18-16-28(25-10-11-25)21-32(37)26-12-14-27(15-13-26)34(39)41-5/h12-15,17,19-20,24-25,28,32H,6-11,16,18,21-22H2,1-5H3/t28-,32+/m1/s1. The maximum Gasteiger partial charge on any atom is 0.418 e. The van der Waals surface area contributed by atoms with Gasteiger partial charge in [0.25, 0.3) is 0 Å². The van der Waals surface area contributed by atoms with Crippen molar-refractivity contribution >= 4 is 23.0 Å². The molecule has 2 heterocycles. The second kappa shape index (κ2) is 11.5. The van der Waals surface area contributed by atoms with Crippen molar-refractivity contribution in [3.8, 4) is 0 Å². The van der Waals surface area contributed by atoms with E-state index in [1.807, 2.05) is 39.1 Å². The Morgan fingerprint density at radius 1 is 0.976 bits per heavy atom. The first kappa shape index (κ1) is 29.0. The van der Waals surface area contributed by atoms with Crippen LogP contribution in [0.1, 0.15) is 104 Å². The second-order valence-corrected chi connectivity index (χ2v) is 14.0. The Kier molecular flexibility index (Phi) is 7.95. The first-order chi connectivity index (χ1) is 20.1. The van der Waals surface area contributed by atoms with E-state index in [9.17, 15) is 9.59 Å². The van der Waals surface area contributed by atoms with E-state index in [-0.39, 0.29) is 18.1 Å². The van der Waals surface area contributed by atoms with Crippen molar-refractivity contribution in [3.63, 3.8) is 0 Å². The van der Waals surface area contributed by atoms with Crippen LogP contribution >= 0.6 is 0 Å². The van der Waals surface area contributed by atoms with E-state index in [4.69, 9.17) is 9.47 Å². The van der Waals surface area contributed by atoms with Gasteiger partial charge >= 0.3 is 12.1 Å². The quantitative estimate of drug-likeness (QED) is 0.255. The molecule has 0 N–H and O–H groups in total. The minimum atomic E-state index is -0.558. The van der Waals surface area contributed by atoms with Gasteiger partial charge in [-0.2, -0.15) is 0 Å². The van der Waals surface area contributed by atoms with Crippen LogP contribution in [0, 0.1) is 24.7 Å². The number of aromatic nitrogens is 1. The molecule has 0 spiro atoms. The van der Waals surface area contributed by atoms with Crippen LogP contribution in [0.4, 0.5) is 4.79 Å². The number of hydrogen-bond donors (Lipinski definition) is 0. The molecule has 2 aromatic carbocycles. The summed E-state index contributed by atoms with van der Waals surface area (Å²) in [6, 6.07) is 12.8. The minimum absolute atomic E-state index is 0.289. The Morgan fingerprint density at radius 2 is 1.71 bits per heavy atom. The molecule has 3 fully saturated rings. The molecule has 1 aromatic heterocycles. The molecule has 2 saturated carbocycles. The summed E-state index contributed by atoms with van der Waals surface area (Å²) >= 11 is 0. The van der Waals surface area contributed by atoms with Crippen LogP contribution in [-0.4, -0.2) is 40.8 Å². The predicted molar refractivity (Wildman–Crippen MR) is 166 cm³/mol. The zero-order valence-electron chi connectivity index (χ0n) is 25.9. The van der Waals surface area contributed by atoms with E-state index in [1.165, 1.54) is 62.3 Å². The van der Waals surface area contributed by atoms with Crippen LogP contribution in [0.25, 0.3) is 10.9 Å². The van der Waals surface area contributed by atoms with Crippen molar-refractivity contribution in [3.05, 3.63) is 70.4 Å². The van der Waals surface area contributed by atoms with Crippen molar-refractivity contribution < 1.29 is 19.1 Å². The van der Waals surface area contributed by atoms with Gasteiger partial charge in [-0.1, -0.05) is 31.0 Å². The number of aryl methyl sites for hydroxylation is 2. The van der Waals surface area contributed by atoms with E-state index < -0.39 is 5.60 Å². The summed E-state index contributed by atoms with van der Waals surface area (Å²) in [7, 11) is 1.43. The molecule has 1 aliphatic heterocycles. The molecule has 3 aromatic rings. The fraction of sp³-hybridized carbons (Fsp3) is 0.556. The summed E-state index contributed by atoms with van der Waals surface area (Å²) < 4.78 is 12.4. The third-order valence-electron chi connectivity index (χ3n) is 9.59. The molecule has 0 amide bonds. The number of ether oxygens (including phenoxy) is 2. The molecule has 42 heavy (non-hydrogen) atoms. The molecule has 224 valence electrons. The summed E-state index contributed by atoms with van der Waals surface area (Å²) in [5.74, 6) is 2.18. The monoisotopic (exact) mass is 570 g/mol. The fourth-order valence-electron chi connectivity index (χ4n) is 7.04. The molecule has 3 aliphatic rings. The van der Waals surface area contributed by atoms with Gasteiger partial charge in [0, 0.05) is 24.2 Å². The van der Waals surface area contributed by atoms with Gasteiger partial charge in [0.15, 0.2) is 0 Å². The molecule has 0 bridgehead atoms. The van der Waals surface area contributed by atoms with Gasteiger partial charge in [-0.3, -0.25) is 9.47 Å². The van der Waals surface area contributed by atoms with Crippen molar-refractivity contribution in [2.24, 2.45) is 17.8 Å². The number of esters is 1. The molecular formula is C36H46N2O4. The van der Waals surface area contributed by atoms with Crippen LogP contribution < -0.4 is 0 Å². The number of carbonyl (C=O) groups is 2. The fourth-order valence-corrected chi connectivity index (χ4v) is 7.04. The Balaban J connectivity index is 1.36. The molecule has 2 aliphatic carbocycles. The summed E-state index contributed by atoms with van der Waals surface area (Å²) in [5, 5.41) is 1.16. The lowest BCUT2D eigenvalue weighted by Gasteiger charge is -2.40. The highest BCUT2D eigenvalue weighted by Gasteiger charge is 2.38. The Bertz CT molecular complexity index is 1460. The number of piperidine rings is 1. The first-order valence-electron chi connectivity index (χ1n) is 15.9. The number of nitrogens with zero attached hydrogens (tertiary/aromatic N) is 2. The summed E-state index contributed by atoms with van der Waals surface area (Å²) in [4.78, 5) is 28.0. The Morgan fingerprint density at radius 3 is 2.36 bits per heavy atom. The van der Waals surface area contributed by atoms with Crippen molar-refractivity contribution in [1.82, 2.24) is 9.47 Å². The Labute approximate surface area is 250 Å². The lowest BCUT2D eigenvalue weighted by atomic mass is 9.83. The van der Waals surface area contributed by atoms with Gasteiger partial charge in [0.2, 0.25) is 0 Å². The SMILES string of the molecule is COC(=O)c1ccc([C@@H]2C[C@H](C3CC3)CCN2Cc2c(CCC3CC3)cc(C)c3c2ccn3C(=O)OC(C)(C)C)cc1. The van der Waals surface area contributed by atoms with Gasteiger partial charge in [0.05, 0.1) is 18.2 Å². The Hall–Kier alpha value is -3.12. The maximum absolute atomic E-state index is 13.2. The van der Waals surface area contributed by atoms with Crippen molar-refractivity contribution in [2.45, 2.75) is 97.2 Å². The molecular weight excluding hydrogens is 524 g/mol. The molecule has 6 heteroatoms. The molecule has 2 atom stereocenters. The highest BCUT2D eigenvalue weighted by Crippen LogP contribution is 2.47. The van der Waals surface area contributed by atoms with Gasteiger partial charge < -0.3 is 9.47 Å². The maximum atomic E-state index is 13.2. The largest absolute Gasteiger partial charge is 0.465 e. The number of carbonyl (C=O) groups excluding carboxylic acids is 2. The minimum Gasteiger partial charge on any atom is -0.465 e. The van der Waals surface area contributed by atoms with Crippen molar-refractivity contribution in [2.75, 3.05) is 13.7 Å². The number of methoxy groups -OCH3 is 1. The van der Waals surface area contributed by atoms with E-state index in [2.05, 4.69) is 36.1 Å². The average molecular weight is 571 g/mol. The highest BCUT2D eigenvalue weighted by molar-refractivity contribution is 5.94. The van der Waals surface area contributed by atoms with Crippen LogP contribution in [0.3, 0.4) is 0 Å². The van der Waals surface area contributed by atoms with E-state index in [0.29, 0.717) is 5.56 Å². The third kappa shape index (κ3) is 6.29. The smallest absolute Gasteiger partial charge is 0.418 e. The zero-order valence-corrected chi connectivity index (χ0v) is 25.9. The van der Waals surface area contributed by atoms with Crippen LogP contribution in [-0.2, 0) is 22.4 Å².